The van der Waals surface area contributed by atoms with E-state index in [1.54, 1.807) is 0 Å². The molecular formula is C15H14B7Cl2N3O. The van der Waals surface area contributed by atoms with E-state index in [1.165, 1.54) is 21.9 Å². The maximum atomic E-state index is 6.43. The van der Waals surface area contributed by atoms with Crippen molar-refractivity contribution in [2.75, 3.05) is 0 Å². The Hall–Kier alpha value is -1.72. The summed E-state index contributed by atoms with van der Waals surface area (Å²) < 4.78 is 6.43. The Morgan fingerprint density at radius 2 is 1.00 bits per heavy atom. The number of benzene rings is 2. The third-order valence-electron chi connectivity index (χ3n) is 6.14. The maximum absolute atomic E-state index is 6.43. The highest BCUT2D eigenvalue weighted by molar-refractivity contribution is 6.68. The van der Waals surface area contributed by atoms with E-state index in [2.05, 4.69) is 62.0 Å². The molecule has 0 amide bonds. The predicted octanol–water partition coefficient (Wildman–Crippen LogP) is -7.45. The average Bonchev–Trinajstić information content (AvgIpc) is 3.03. The summed E-state index contributed by atoms with van der Waals surface area (Å²) in [6.45, 7) is 0. The summed E-state index contributed by atoms with van der Waals surface area (Å²) in [7, 11) is 14.8. The molecule has 0 unspecified atom stereocenters. The van der Waals surface area contributed by atoms with Crippen molar-refractivity contribution in [2.45, 2.75) is 0 Å². The highest BCUT2D eigenvalue weighted by Crippen LogP contribution is 2.25. The van der Waals surface area contributed by atoms with E-state index in [9.17, 15) is 0 Å². The van der Waals surface area contributed by atoms with Gasteiger partial charge in [-0.1, -0.05) is 32.8 Å². The Bertz CT molecular complexity index is 1310. The minimum atomic E-state index is 0.0853. The van der Waals surface area contributed by atoms with Gasteiger partial charge in [-0.3, -0.25) is 0 Å². The molecule has 0 aliphatic heterocycles. The second kappa shape index (κ2) is 6.67. The van der Waals surface area contributed by atoms with E-state index in [-0.39, 0.29) is 10.6 Å². The summed E-state index contributed by atoms with van der Waals surface area (Å²) in [4.78, 5) is 12.6. The molecule has 2 aromatic carbocycles. The third-order valence-corrected chi connectivity index (χ3v) is 6.48. The summed E-state index contributed by atoms with van der Waals surface area (Å²) in [6.07, 6.45) is 0. The fourth-order valence-corrected chi connectivity index (χ4v) is 4.50. The number of halogens is 2. The smallest absolute Gasteiger partial charge is 0.227 e. The molecule has 0 atom stereocenters. The van der Waals surface area contributed by atoms with Crippen molar-refractivity contribution in [1.82, 2.24) is 15.0 Å². The summed E-state index contributed by atoms with van der Waals surface area (Å²) in [5.41, 5.74) is 10.9. The van der Waals surface area contributed by atoms with Crippen LogP contribution in [0.25, 0.3) is 33.3 Å². The second-order valence-corrected chi connectivity index (χ2v) is 8.13. The Kier molecular flexibility index (Phi) is 4.67. The Morgan fingerprint density at radius 3 is 1.57 bits per heavy atom. The molecule has 0 saturated heterocycles. The van der Waals surface area contributed by atoms with Crippen molar-refractivity contribution in [1.29, 1.82) is 0 Å². The fourth-order valence-electron chi connectivity index (χ4n) is 4.13. The lowest BCUT2D eigenvalue weighted by Gasteiger charge is -2.15. The molecule has 0 saturated carbocycles. The summed E-state index contributed by atoms with van der Waals surface area (Å²) in [5, 5.41) is 2.43. The quantitative estimate of drug-likeness (QED) is 0.299. The van der Waals surface area contributed by atoms with E-state index < -0.39 is 0 Å². The van der Waals surface area contributed by atoms with Gasteiger partial charge in [0.25, 0.3) is 0 Å². The van der Waals surface area contributed by atoms with Crippen LogP contribution < -0.4 is 38.2 Å². The van der Waals surface area contributed by atoms with Gasteiger partial charge in [0.1, 0.15) is 66.1 Å². The monoisotopic (exact) mass is 399 g/mol. The first kappa shape index (κ1) is 19.6. The highest BCUT2D eigenvalue weighted by Gasteiger charge is 2.23. The van der Waals surface area contributed by atoms with E-state index in [1.807, 2.05) is 7.85 Å². The van der Waals surface area contributed by atoms with Crippen molar-refractivity contribution < 1.29 is 4.42 Å². The van der Waals surface area contributed by atoms with Crippen LogP contribution in [0, 0.1) is 0 Å². The van der Waals surface area contributed by atoms with Crippen molar-refractivity contribution in [3.05, 3.63) is 10.6 Å². The zero-order valence-electron chi connectivity index (χ0n) is 17.0. The molecule has 13 heteroatoms. The number of fused-ring (bicyclic) bond motifs is 3. The maximum Gasteiger partial charge on any atom is 0.227 e. The second-order valence-electron chi connectivity index (χ2n) is 7.46. The standard InChI is InChI=1S/C15H14B7Cl2N3O/c16-4-1-2-5(17)7(19)8(20)10(22)12(2)28-11(1)9(21)6(18)3(4)13-25-14(23)27-15(24)26-13/h16-22H2. The molecule has 0 aliphatic carbocycles. The van der Waals surface area contributed by atoms with Gasteiger partial charge in [-0.25, -0.2) is 0 Å². The molecule has 4 aromatic rings. The number of furan rings is 1. The van der Waals surface area contributed by atoms with Gasteiger partial charge in [0, 0.05) is 16.3 Å². The summed E-state index contributed by atoms with van der Waals surface area (Å²) >= 11 is 12.1. The van der Waals surface area contributed by atoms with Crippen molar-refractivity contribution in [2.24, 2.45) is 0 Å². The molecule has 130 valence electrons. The lowest BCUT2D eigenvalue weighted by molar-refractivity contribution is 0.675. The Labute approximate surface area is 179 Å². The molecule has 28 heavy (non-hydrogen) atoms. The normalized spacial score (nSPS) is 11.5. The van der Waals surface area contributed by atoms with E-state index in [0.717, 1.165) is 43.9 Å². The number of hydrogen-bond acceptors (Lipinski definition) is 4. The van der Waals surface area contributed by atoms with E-state index >= 15 is 0 Å². The minimum Gasteiger partial charge on any atom is -0.457 e. The molecule has 4 rings (SSSR count). The van der Waals surface area contributed by atoms with Gasteiger partial charge in [0.05, 0.1) is 0 Å². The van der Waals surface area contributed by atoms with Gasteiger partial charge < -0.3 is 4.42 Å². The van der Waals surface area contributed by atoms with E-state index in [0.29, 0.717) is 5.82 Å². The molecule has 0 fully saturated rings. The van der Waals surface area contributed by atoms with Gasteiger partial charge in [-0.05, 0) is 23.2 Å². The topological polar surface area (TPSA) is 51.8 Å². The number of hydrogen-bond donors (Lipinski definition) is 0. The van der Waals surface area contributed by atoms with Crippen LogP contribution in [0.4, 0.5) is 0 Å². The zero-order chi connectivity index (χ0) is 20.5. The van der Waals surface area contributed by atoms with Gasteiger partial charge in [0.15, 0.2) is 5.82 Å². The largest absolute Gasteiger partial charge is 0.457 e. The average molecular weight is 399 g/mol. The molecule has 0 N–H and O–H groups in total. The van der Waals surface area contributed by atoms with Gasteiger partial charge in [-0.15, -0.1) is 5.46 Å². The first-order chi connectivity index (χ1) is 13.1. The van der Waals surface area contributed by atoms with Crippen LogP contribution in [0.1, 0.15) is 0 Å². The van der Waals surface area contributed by atoms with Crippen molar-refractivity contribution in [3.63, 3.8) is 0 Å². The van der Waals surface area contributed by atoms with Gasteiger partial charge in [0.2, 0.25) is 10.6 Å². The predicted molar refractivity (Wildman–Crippen MR) is 140 cm³/mol. The van der Waals surface area contributed by atoms with Crippen molar-refractivity contribution in [3.8, 4) is 11.4 Å². The molecule has 0 aliphatic rings. The summed E-state index contributed by atoms with van der Waals surface area (Å²) in [5.74, 6) is 0.484. The van der Waals surface area contributed by atoms with Crippen LogP contribution in [0.15, 0.2) is 4.42 Å². The van der Waals surface area contributed by atoms with Crippen LogP contribution in [-0.4, -0.2) is 69.9 Å². The summed E-state index contributed by atoms with van der Waals surface area (Å²) in [6, 6.07) is 0. The Balaban J connectivity index is 2.25. The van der Waals surface area contributed by atoms with Crippen LogP contribution in [0.2, 0.25) is 10.6 Å². The SMILES string of the molecule is Bc1c(B)c(B)c2c(oc3c(B)c(B)c(-c4nc(Cl)nc(Cl)n4)c(B)c32)c1B. The lowest BCUT2D eigenvalue weighted by Crippen LogP contribution is -2.47. The van der Waals surface area contributed by atoms with Crippen molar-refractivity contribution >= 4 is 138 Å². The first-order valence-corrected chi connectivity index (χ1v) is 9.88. The molecule has 4 nitrogen and oxygen atoms in total. The number of rotatable bonds is 1. The molecule has 0 spiro atoms. The van der Waals surface area contributed by atoms with Crippen LogP contribution >= 0.6 is 23.2 Å². The lowest BCUT2D eigenvalue weighted by atomic mass is 9.64. The minimum absolute atomic E-state index is 0.0853. The molecule has 2 aromatic heterocycles. The van der Waals surface area contributed by atoms with E-state index in [4.69, 9.17) is 27.6 Å². The van der Waals surface area contributed by atoms with Crippen LogP contribution in [0.3, 0.4) is 0 Å². The molecule has 2 heterocycles. The Morgan fingerprint density at radius 1 is 0.536 bits per heavy atom. The fraction of sp³-hybridized carbons (Fsp3) is 0. The first-order valence-electron chi connectivity index (χ1n) is 9.13. The van der Waals surface area contributed by atoms with Crippen LogP contribution in [-0.2, 0) is 0 Å². The van der Waals surface area contributed by atoms with Gasteiger partial charge >= 0.3 is 0 Å². The third kappa shape index (κ3) is 2.67. The number of nitrogens with zero attached hydrogens (tertiary/aromatic N) is 3. The van der Waals surface area contributed by atoms with Crippen LogP contribution in [0.5, 0.6) is 0 Å². The van der Waals surface area contributed by atoms with Gasteiger partial charge in [-0.2, -0.15) is 15.0 Å². The zero-order valence-corrected chi connectivity index (χ0v) is 18.5. The molecule has 0 bridgehead atoms. The molecular weight excluding hydrogens is 385 g/mol. The molecule has 0 radical (unpaired) electrons. The highest BCUT2D eigenvalue weighted by atomic mass is 35.5. The number of aromatic nitrogens is 3.